The molecule has 2 aliphatic carbocycles. The van der Waals surface area contributed by atoms with Gasteiger partial charge in [0.15, 0.2) is 5.13 Å². The number of amides is 4. The zero-order chi connectivity index (χ0) is 47.3. The van der Waals surface area contributed by atoms with Crippen molar-refractivity contribution in [2.75, 3.05) is 53.3 Å². The van der Waals surface area contributed by atoms with Crippen LogP contribution in [0, 0.1) is 17.3 Å². The number of hydrogen-bond acceptors (Lipinski definition) is 13. The van der Waals surface area contributed by atoms with Crippen LogP contribution in [0.1, 0.15) is 73.1 Å². The number of nitrogens with zero attached hydrogens (tertiary/aromatic N) is 4. The highest BCUT2D eigenvalue weighted by Crippen LogP contribution is 2.45. The first-order chi connectivity index (χ1) is 30.0. The summed E-state index contributed by atoms with van der Waals surface area (Å²) in [5.74, 6) is -2.79. The first-order valence-corrected chi connectivity index (χ1v) is 23.1. The molecular weight excluding hydrogens is 911 g/mol. The molecule has 1 saturated heterocycles. The summed E-state index contributed by atoms with van der Waals surface area (Å²) in [6, 6.07) is 2.95. The number of carboxylic acid groups (broad SMARTS) is 1. The minimum atomic E-state index is -1.65. The fraction of sp³-hybridized carbons (Fsp3) is 0.578. The summed E-state index contributed by atoms with van der Waals surface area (Å²) in [5.41, 5.74) is -1.09. The van der Waals surface area contributed by atoms with Gasteiger partial charge < -0.3 is 54.6 Å². The lowest BCUT2D eigenvalue weighted by atomic mass is 9.85. The number of carbonyl (C=O) groups is 5. The quantitative estimate of drug-likeness (QED) is 0.121. The zero-order valence-electron chi connectivity index (χ0n) is 38.1. The molecule has 4 amide bonds. The maximum absolute atomic E-state index is 14.6. The van der Waals surface area contributed by atoms with Gasteiger partial charge in [0.2, 0.25) is 17.7 Å². The van der Waals surface area contributed by atoms with Gasteiger partial charge in [0, 0.05) is 35.1 Å². The molecule has 3 heterocycles. The topological polar surface area (TPSA) is 221 Å². The number of quaternary nitrogens is 1. The molecule has 0 unspecified atom stereocenters. The molecule has 19 heteroatoms. The second-order valence-corrected chi connectivity index (χ2v) is 20.6. The van der Waals surface area contributed by atoms with Crippen molar-refractivity contribution in [3.63, 3.8) is 0 Å². The second-order valence-electron chi connectivity index (χ2n) is 18.9. The number of halogens is 1. The number of pyridine rings is 1. The molecule has 2 aromatic heterocycles. The number of aliphatic hydroxyl groups is 1. The highest BCUT2D eigenvalue weighted by atomic mass is 79.9. The zero-order valence-corrected chi connectivity index (χ0v) is 40.5. The van der Waals surface area contributed by atoms with Crippen LogP contribution in [0.4, 0.5) is 9.93 Å². The third-order valence-corrected chi connectivity index (χ3v) is 13.0. The molecule has 0 radical (unpaired) electrons. The molecule has 6 rings (SSSR count). The van der Waals surface area contributed by atoms with E-state index in [9.17, 15) is 29.1 Å². The number of aromatic nitrogens is 2. The van der Waals surface area contributed by atoms with E-state index >= 15 is 0 Å². The van der Waals surface area contributed by atoms with Crippen LogP contribution < -0.4 is 30.5 Å². The third-order valence-electron chi connectivity index (χ3n) is 11.5. The number of aliphatic hydroxyl groups excluding tert-OH is 1. The molecule has 350 valence electrons. The standard InChI is InChI=1S/C40H49BrN6O9S.C5H14NO/c1-8-21-17-40(21,36(51)52)46-34(49)27-15-23(18-47(27)35(50)32(39(4,5)6)44-38(53)56-22-11-9-10-12-22)55-29-16-25(26-19-57-37(43-26)45-33(48)20(2)3)42-31-24(29)13-14-28(54-7)30(31)41;1-6(2,3)4-5-7/h8,13-14,16,19-23,27,32H,1,9-12,15,17-18H2,2-7H3,(H,44,53)(H,46,49)(H,51,52)(H,43,45,48);7H,4-5H2,1-3H3/q;+1/p-1/t21-,23+,27+,32-,40-;/m1./s1. The van der Waals surface area contributed by atoms with Crippen LogP contribution in [-0.2, 0) is 23.9 Å². The van der Waals surface area contributed by atoms with E-state index in [1.807, 2.05) is 0 Å². The SMILES string of the molecule is C=C[C@@H]1C[C@]1(NC(=O)[C@@H]1C[C@H](Oc2cc(-c3csc(NC(=O)C(C)C)n3)nc3c(Br)c(OC)ccc23)CN1C(=O)[C@@H](NC(=O)OC1CCCC1)C(C)(C)C)C(=O)[O-].C[N+](C)(C)CCO. The van der Waals surface area contributed by atoms with Crippen LogP contribution in [0.5, 0.6) is 11.5 Å². The molecule has 3 fully saturated rings. The maximum atomic E-state index is 14.6. The lowest BCUT2D eigenvalue weighted by Crippen LogP contribution is -2.60. The largest absolute Gasteiger partial charge is 0.548 e. The van der Waals surface area contributed by atoms with Crippen molar-refractivity contribution < 1.29 is 52.9 Å². The van der Waals surface area contributed by atoms with Crippen LogP contribution in [0.3, 0.4) is 0 Å². The Labute approximate surface area is 387 Å². The summed E-state index contributed by atoms with van der Waals surface area (Å²) in [7, 11) is 7.69. The number of nitrogens with one attached hydrogen (secondary N) is 3. The van der Waals surface area contributed by atoms with Gasteiger partial charge in [-0.05, 0) is 65.6 Å². The highest BCUT2D eigenvalue weighted by molar-refractivity contribution is 9.10. The minimum absolute atomic E-state index is 0.0125. The normalized spacial score (nSPS) is 21.4. The highest BCUT2D eigenvalue weighted by Gasteiger charge is 2.57. The van der Waals surface area contributed by atoms with Crippen LogP contribution >= 0.6 is 27.3 Å². The van der Waals surface area contributed by atoms with E-state index in [2.05, 4.69) is 64.6 Å². The van der Waals surface area contributed by atoms with Crippen LogP contribution in [0.25, 0.3) is 22.3 Å². The summed E-state index contributed by atoms with van der Waals surface area (Å²) in [6.07, 6.45) is 3.19. The Hall–Kier alpha value is -4.85. The molecule has 17 nitrogen and oxygen atoms in total. The van der Waals surface area contributed by atoms with Crippen molar-refractivity contribution in [2.24, 2.45) is 17.3 Å². The Morgan fingerprint density at radius 2 is 1.78 bits per heavy atom. The number of likely N-dealkylation sites (N-methyl/N-ethyl adjacent to an activating group) is 1. The fourth-order valence-electron chi connectivity index (χ4n) is 7.58. The van der Waals surface area contributed by atoms with Crippen molar-refractivity contribution in [3.05, 3.63) is 40.7 Å². The van der Waals surface area contributed by atoms with Crippen molar-refractivity contribution in [1.82, 2.24) is 25.5 Å². The van der Waals surface area contributed by atoms with Gasteiger partial charge >= 0.3 is 6.09 Å². The molecule has 1 aliphatic heterocycles. The number of carbonyl (C=O) groups excluding carboxylic acids is 5. The second kappa shape index (κ2) is 20.5. The number of alkyl carbamates (subject to hydrolysis) is 1. The predicted molar refractivity (Wildman–Crippen MR) is 244 cm³/mol. The van der Waals surface area contributed by atoms with Crippen LogP contribution in [0.15, 0.2) is 40.7 Å². The summed E-state index contributed by atoms with van der Waals surface area (Å²) < 4.78 is 19.3. The van der Waals surface area contributed by atoms with Crippen molar-refractivity contribution in [1.29, 1.82) is 0 Å². The van der Waals surface area contributed by atoms with Crippen LogP contribution in [0.2, 0.25) is 0 Å². The summed E-state index contributed by atoms with van der Waals surface area (Å²) in [6.45, 7) is 13.7. The van der Waals surface area contributed by atoms with Crippen molar-refractivity contribution in [2.45, 2.75) is 103 Å². The fourth-order valence-corrected chi connectivity index (χ4v) is 8.88. The molecule has 2 saturated carbocycles. The molecule has 3 aliphatic rings. The minimum Gasteiger partial charge on any atom is -0.548 e. The van der Waals surface area contributed by atoms with Gasteiger partial charge in [-0.1, -0.05) is 40.7 Å². The Bertz CT molecular complexity index is 2220. The molecule has 3 aromatic rings. The van der Waals surface area contributed by atoms with E-state index in [-0.39, 0.29) is 43.9 Å². The molecule has 5 atom stereocenters. The first kappa shape index (κ1) is 50.2. The molecule has 0 spiro atoms. The van der Waals surface area contributed by atoms with Gasteiger partial charge in [0.25, 0.3) is 0 Å². The number of anilines is 1. The average Bonchev–Trinajstić information content (AvgIpc) is 3.62. The van der Waals surface area contributed by atoms with Crippen molar-refractivity contribution >= 4 is 73.1 Å². The summed E-state index contributed by atoms with van der Waals surface area (Å²) in [4.78, 5) is 77.3. The number of aliphatic carboxylic acids is 1. The van der Waals surface area contributed by atoms with Gasteiger partial charge in [-0.2, -0.15) is 0 Å². The Morgan fingerprint density at radius 3 is 2.33 bits per heavy atom. The van der Waals surface area contributed by atoms with Gasteiger partial charge in [-0.25, -0.2) is 14.8 Å². The Morgan fingerprint density at radius 1 is 1.09 bits per heavy atom. The number of ether oxygens (including phenoxy) is 3. The van der Waals surface area contributed by atoms with E-state index in [0.29, 0.717) is 43.4 Å². The number of likely N-dealkylation sites (tertiary alicyclic amines) is 1. The van der Waals surface area contributed by atoms with Crippen LogP contribution in [-0.4, -0.2) is 132 Å². The number of fused-ring (bicyclic) bond motifs is 1. The van der Waals surface area contributed by atoms with Gasteiger partial charge in [0.1, 0.15) is 48.0 Å². The van der Waals surface area contributed by atoms with Gasteiger partial charge in [0.05, 0.1) is 68.6 Å². The van der Waals surface area contributed by atoms with E-state index in [1.54, 1.807) is 58.2 Å². The average molecular weight is 973 g/mol. The maximum Gasteiger partial charge on any atom is 0.408 e. The Kier molecular flexibility index (Phi) is 16.1. The van der Waals surface area contributed by atoms with Gasteiger partial charge in [-0.15, -0.1) is 17.9 Å². The molecule has 64 heavy (non-hydrogen) atoms. The van der Waals surface area contributed by atoms with E-state index < -0.39 is 58.9 Å². The number of hydrogen-bond donors (Lipinski definition) is 4. The van der Waals surface area contributed by atoms with E-state index in [0.717, 1.165) is 36.7 Å². The monoisotopic (exact) mass is 971 g/mol. The number of thiazole rings is 1. The predicted octanol–water partition coefficient (Wildman–Crippen LogP) is 4.65. The number of carboxylic acids is 1. The molecular formula is C45H62BrN7O10S. The van der Waals surface area contributed by atoms with E-state index in [1.165, 1.54) is 29.4 Å². The summed E-state index contributed by atoms with van der Waals surface area (Å²) in [5, 5.41) is 31.6. The number of methoxy groups -OCH3 is 1. The lowest BCUT2D eigenvalue weighted by Gasteiger charge is -2.35. The number of rotatable bonds is 15. The third kappa shape index (κ3) is 12.1. The lowest BCUT2D eigenvalue weighted by molar-refractivity contribution is -0.870. The molecule has 1 aromatic carbocycles. The molecule has 4 N–H and O–H groups in total. The first-order valence-electron chi connectivity index (χ1n) is 21.5. The van der Waals surface area contributed by atoms with E-state index in [4.69, 9.17) is 24.3 Å². The summed E-state index contributed by atoms with van der Waals surface area (Å²) >= 11 is 4.86. The van der Waals surface area contributed by atoms with Crippen molar-refractivity contribution in [3.8, 4) is 22.9 Å². The number of benzene rings is 1. The van der Waals surface area contributed by atoms with Gasteiger partial charge in [-0.3, -0.25) is 14.4 Å². The molecule has 0 bridgehead atoms. The smallest absolute Gasteiger partial charge is 0.408 e. The Balaban J connectivity index is 0.00000102.